The maximum absolute atomic E-state index is 13.4. The normalized spacial score (nSPS) is 14.8. The van der Waals surface area contributed by atoms with E-state index in [1.54, 1.807) is 40.6 Å². The number of nitrogens with zero attached hydrogens (tertiary/aromatic N) is 2. The first-order valence-electron chi connectivity index (χ1n) is 10.8. The number of carbonyl (C=O) groups is 3. The molecule has 4 rings (SSSR count). The fraction of sp³-hybridized carbons (Fsp3) is 0.208. The van der Waals surface area contributed by atoms with Gasteiger partial charge < -0.3 is 15.1 Å². The van der Waals surface area contributed by atoms with Crippen LogP contribution in [0, 0.1) is 5.82 Å². The number of nitrogens with one attached hydrogen (secondary N) is 1. The van der Waals surface area contributed by atoms with Gasteiger partial charge in [-0.25, -0.2) is 12.8 Å². The molecule has 0 radical (unpaired) electrons. The molecule has 3 amide bonds. The number of halogens is 2. The Balaban J connectivity index is 1.53. The van der Waals surface area contributed by atoms with Crippen LogP contribution >= 0.6 is 22.9 Å². The minimum Gasteiger partial charge on any atom is -0.336 e. The number of carbonyl (C=O) groups excluding carboxylic acids is 3. The summed E-state index contributed by atoms with van der Waals surface area (Å²) >= 11 is 7.07. The highest BCUT2D eigenvalue weighted by molar-refractivity contribution is 7.92. The number of hydrogen-bond acceptors (Lipinski definition) is 6. The van der Waals surface area contributed by atoms with E-state index in [9.17, 15) is 27.2 Å². The van der Waals surface area contributed by atoms with Crippen molar-refractivity contribution in [3.8, 4) is 0 Å². The van der Waals surface area contributed by atoms with Crippen molar-refractivity contribution in [1.29, 1.82) is 0 Å². The maximum Gasteiger partial charge on any atom is 0.262 e. The number of sulfone groups is 1. The molecule has 0 spiro atoms. The summed E-state index contributed by atoms with van der Waals surface area (Å²) in [4.78, 5) is 41.7. The number of amides is 3. The number of piperazine rings is 1. The van der Waals surface area contributed by atoms with Gasteiger partial charge >= 0.3 is 0 Å². The summed E-state index contributed by atoms with van der Waals surface area (Å²) in [6.07, 6.45) is 0. The van der Waals surface area contributed by atoms with E-state index in [0.717, 1.165) is 35.6 Å². The molecule has 12 heteroatoms. The van der Waals surface area contributed by atoms with Gasteiger partial charge in [0.25, 0.3) is 17.7 Å². The fourth-order valence-electron chi connectivity index (χ4n) is 3.73. The van der Waals surface area contributed by atoms with E-state index in [1.165, 1.54) is 11.0 Å². The second-order valence-electron chi connectivity index (χ2n) is 7.96. The third kappa shape index (κ3) is 5.58. The van der Waals surface area contributed by atoms with Crippen LogP contribution in [0.15, 0.2) is 70.9 Å². The van der Waals surface area contributed by atoms with Crippen molar-refractivity contribution < 1.29 is 27.2 Å². The molecule has 8 nitrogen and oxygen atoms in total. The molecule has 1 N–H and O–H groups in total. The maximum atomic E-state index is 13.4. The van der Waals surface area contributed by atoms with Crippen LogP contribution in [-0.4, -0.2) is 67.5 Å². The van der Waals surface area contributed by atoms with Crippen LogP contribution in [-0.2, 0) is 14.6 Å². The van der Waals surface area contributed by atoms with E-state index in [1.807, 2.05) is 0 Å². The summed E-state index contributed by atoms with van der Waals surface area (Å²) in [5, 5.41) is 2.49. The molecule has 3 aromatic rings. The Morgan fingerprint density at radius 2 is 1.61 bits per heavy atom. The Labute approximate surface area is 216 Å². The number of rotatable bonds is 6. The Morgan fingerprint density at radius 1 is 0.944 bits per heavy atom. The van der Waals surface area contributed by atoms with E-state index < -0.39 is 32.8 Å². The van der Waals surface area contributed by atoms with Crippen molar-refractivity contribution in [3.05, 3.63) is 87.3 Å². The van der Waals surface area contributed by atoms with Gasteiger partial charge in [0.15, 0.2) is 0 Å². The van der Waals surface area contributed by atoms with Gasteiger partial charge in [0.1, 0.15) is 5.82 Å². The smallest absolute Gasteiger partial charge is 0.262 e. The molecule has 1 aromatic heterocycles. The summed E-state index contributed by atoms with van der Waals surface area (Å²) in [5.41, 5.74) is 0.405. The predicted octanol–water partition coefficient (Wildman–Crippen LogP) is 3.06. The zero-order valence-electron chi connectivity index (χ0n) is 18.8. The molecule has 1 saturated heterocycles. The Bertz CT molecular complexity index is 1370. The molecule has 1 aliphatic heterocycles. The number of benzene rings is 2. The number of hydrogen-bond donors (Lipinski definition) is 1. The van der Waals surface area contributed by atoms with Crippen LogP contribution in [0.1, 0.15) is 20.0 Å². The van der Waals surface area contributed by atoms with E-state index >= 15 is 0 Å². The van der Waals surface area contributed by atoms with Gasteiger partial charge in [-0.05, 0) is 53.9 Å². The largest absolute Gasteiger partial charge is 0.336 e. The van der Waals surface area contributed by atoms with Crippen LogP contribution in [0.2, 0.25) is 5.02 Å². The van der Waals surface area contributed by atoms with E-state index in [4.69, 9.17) is 11.6 Å². The average Bonchev–Trinajstić information content (AvgIpc) is 3.42. The van der Waals surface area contributed by atoms with Crippen molar-refractivity contribution >= 4 is 50.5 Å². The van der Waals surface area contributed by atoms with Crippen LogP contribution in [0.5, 0.6) is 0 Å². The quantitative estimate of drug-likeness (QED) is 0.476. The minimum atomic E-state index is -4.41. The molecule has 0 saturated carbocycles. The second kappa shape index (κ2) is 10.8. The van der Waals surface area contributed by atoms with Crippen molar-refractivity contribution in [1.82, 2.24) is 15.1 Å². The highest BCUT2D eigenvalue weighted by Crippen LogP contribution is 2.20. The molecule has 1 fully saturated rings. The van der Waals surface area contributed by atoms with E-state index in [0.29, 0.717) is 10.6 Å². The summed E-state index contributed by atoms with van der Waals surface area (Å²) < 4.78 is 40.1. The first-order valence-corrected chi connectivity index (χ1v) is 13.6. The lowest BCUT2D eigenvalue weighted by molar-refractivity contribution is -0.132. The van der Waals surface area contributed by atoms with Crippen LogP contribution in [0.3, 0.4) is 0 Å². The Morgan fingerprint density at radius 3 is 2.22 bits per heavy atom. The van der Waals surface area contributed by atoms with Gasteiger partial charge in [0.2, 0.25) is 15.2 Å². The van der Waals surface area contributed by atoms with Crippen LogP contribution < -0.4 is 5.32 Å². The third-order valence-corrected chi connectivity index (χ3v) is 8.61. The Kier molecular flexibility index (Phi) is 7.72. The fourth-order valence-corrected chi connectivity index (χ4v) is 6.01. The highest BCUT2D eigenvalue weighted by atomic mass is 35.5. The third-order valence-electron chi connectivity index (χ3n) is 5.63. The standard InChI is InChI=1S/C24H21ClFN3O5S2/c25-17-4-1-3-16(15-17)23(31)28-10-12-29(13-11-28)24(32)22(27-21(30)20-5-2-14-35-20)36(33,34)19-8-6-18(26)7-9-19/h1-9,14-15,22H,10-13H2,(H,27,30). The van der Waals surface area contributed by atoms with Gasteiger partial charge in [-0.2, -0.15) is 0 Å². The lowest BCUT2D eigenvalue weighted by atomic mass is 10.2. The number of thiophene rings is 1. The predicted molar refractivity (Wildman–Crippen MR) is 133 cm³/mol. The van der Waals surface area contributed by atoms with E-state index in [2.05, 4.69) is 5.32 Å². The van der Waals surface area contributed by atoms with Crippen molar-refractivity contribution in [3.63, 3.8) is 0 Å². The van der Waals surface area contributed by atoms with Crippen LogP contribution in [0.25, 0.3) is 0 Å². The molecule has 188 valence electrons. The molecule has 0 aliphatic carbocycles. The molecule has 1 aliphatic rings. The topological polar surface area (TPSA) is 104 Å². The molecule has 36 heavy (non-hydrogen) atoms. The molecular formula is C24H21ClFN3O5S2. The molecule has 2 aromatic carbocycles. The zero-order chi connectivity index (χ0) is 25.9. The van der Waals surface area contributed by atoms with Gasteiger partial charge in [-0.15, -0.1) is 11.3 Å². The van der Waals surface area contributed by atoms with Crippen molar-refractivity contribution in [2.75, 3.05) is 26.2 Å². The van der Waals surface area contributed by atoms with Gasteiger partial charge in [0, 0.05) is 36.8 Å². The first kappa shape index (κ1) is 25.8. The zero-order valence-corrected chi connectivity index (χ0v) is 21.2. The molecule has 1 atom stereocenters. The van der Waals surface area contributed by atoms with Crippen molar-refractivity contribution in [2.24, 2.45) is 0 Å². The lowest BCUT2D eigenvalue weighted by Gasteiger charge is -2.36. The second-order valence-corrected chi connectivity index (χ2v) is 11.4. The summed E-state index contributed by atoms with van der Waals surface area (Å²) in [5.74, 6) is -2.45. The monoisotopic (exact) mass is 549 g/mol. The summed E-state index contributed by atoms with van der Waals surface area (Å²) in [7, 11) is -4.41. The molecule has 0 bridgehead atoms. The van der Waals surface area contributed by atoms with Gasteiger partial charge in [-0.1, -0.05) is 23.7 Å². The highest BCUT2D eigenvalue weighted by Gasteiger charge is 2.39. The SMILES string of the molecule is O=C(NC(C(=O)N1CCN(C(=O)c2cccc(Cl)c2)CC1)S(=O)(=O)c1ccc(F)cc1)c1cccs1. The molecule has 2 heterocycles. The van der Waals surface area contributed by atoms with E-state index in [-0.39, 0.29) is 41.9 Å². The Hall–Kier alpha value is -3.28. The minimum absolute atomic E-state index is 0.0649. The average molecular weight is 550 g/mol. The lowest BCUT2D eigenvalue weighted by Crippen LogP contribution is -2.57. The first-order chi connectivity index (χ1) is 17.2. The summed E-state index contributed by atoms with van der Waals surface area (Å²) in [6.45, 7) is 0.462. The van der Waals surface area contributed by atoms with Crippen molar-refractivity contribution in [2.45, 2.75) is 10.3 Å². The van der Waals surface area contributed by atoms with Crippen LogP contribution in [0.4, 0.5) is 4.39 Å². The van der Waals surface area contributed by atoms with Gasteiger partial charge in [-0.3, -0.25) is 14.4 Å². The molecular weight excluding hydrogens is 529 g/mol. The van der Waals surface area contributed by atoms with Gasteiger partial charge in [0.05, 0.1) is 9.77 Å². The molecule has 1 unspecified atom stereocenters. The summed E-state index contributed by atoms with van der Waals surface area (Å²) in [6, 6.07) is 13.7.